The molecule has 2 unspecified atom stereocenters. The summed E-state index contributed by atoms with van der Waals surface area (Å²) >= 11 is 6.95. The number of aliphatic hydroxyl groups excluding tert-OH is 1. The fraction of sp³-hybridized carbons (Fsp3) is 0.556. The van der Waals surface area contributed by atoms with Crippen molar-refractivity contribution in [1.29, 1.82) is 5.26 Å². The predicted octanol–water partition coefficient (Wildman–Crippen LogP) is 2.10. The highest BCUT2D eigenvalue weighted by Gasteiger charge is 2.14. The topological polar surface area (TPSA) is 68.9 Å². The standard InChI is InChI=1S/C9H12ClN3OS/c1-5(4-14)6(2)12-9-13-8(10)7(3-11)15-9/h5-6,14H,4H2,1-2H3,(H,12,13). The zero-order valence-electron chi connectivity index (χ0n) is 8.49. The Morgan fingerprint density at radius 2 is 2.33 bits per heavy atom. The Morgan fingerprint density at radius 1 is 1.67 bits per heavy atom. The van der Waals surface area contributed by atoms with Crippen LogP contribution in [0.5, 0.6) is 0 Å². The zero-order valence-corrected chi connectivity index (χ0v) is 10.1. The molecule has 0 bridgehead atoms. The summed E-state index contributed by atoms with van der Waals surface area (Å²) < 4.78 is 0. The Morgan fingerprint density at radius 3 is 2.80 bits per heavy atom. The number of nitrogens with one attached hydrogen (secondary N) is 1. The van der Waals surface area contributed by atoms with E-state index in [0.29, 0.717) is 10.0 Å². The number of halogens is 1. The lowest BCUT2D eigenvalue weighted by atomic mass is 10.1. The van der Waals surface area contributed by atoms with Gasteiger partial charge in [0.2, 0.25) is 0 Å². The maximum Gasteiger partial charge on any atom is 0.185 e. The van der Waals surface area contributed by atoms with Gasteiger partial charge >= 0.3 is 0 Å². The van der Waals surface area contributed by atoms with Gasteiger partial charge in [-0.1, -0.05) is 29.9 Å². The number of hydrogen-bond acceptors (Lipinski definition) is 5. The van der Waals surface area contributed by atoms with Crippen molar-refractivity contribution in [3.8, 4) is 6.07 Å². The molecule has 0 spiro atoms. The molecular formula is C9H12ClN3OS. The van der Waals surface area contributed by atoms with Crippen LogP contribution >= 0.6 is 22.9 Å². The first kappa shape index (κ1) is 12.2. The van der Waals surface area contributed by atoms with Gasteiger partial charge in [0, 0.05) is 12.6 Å². The van der Waals surface area contributed by atoms with Gasteiger partial charge in [-0.15, -0.1) is 0 Å². The van der Waals surface area contributed by atoms with Gasteiger partial charge in [0.25, 0.3) is 0 Å². The summed E-state index contributed by atoms with van der Waals surface area (Å²) in [5.74, 6) is 0.123. The Balaban J connectivity index is 2.69. The summed E-state index contributed by atoms with van der Waals surface area (Å²) in [4.78, 5) is 4.41. The molecule has 15 heavy (non-hydrogen) atoms. The van der Waals surface area contributed by atoms with E-state index >= 15 is 0 Å². The van der Waals surface area contributed by atoms with Gasteiger partial charge in [-0.05, 0) is 12.8 Å². The van der Waals surface area contributed by atoms with E-state index in [9.17, 15) is 0 Å². The van der Waals surface area contributed by atoms with Crippen molar-refractivity contribution in [2.24, 2.45) is 5.92 Å². The zero-order chi connectivity index (χ0) is 11.4. The van der Waals surface area contributed by atoms with Crippen molar-refractivity contribution in [3.63, 3.8) is 0 Å². The molecular weight excluding hydrogens is 234 g/mol. The van der Waals surface area contributed by atoms with Crippen LogP contribution in [0.3, 0.4) is 0 Å². The number of rotatable bonds is 4. The number of aliphatic hydroxyl groups is 1. The minimum Gasteiger partial charge on any atom is -0.396 e. The monoisotopic (exact) mass is 245 g/mol. The van der Waals surface area contributed by atoms with Crippen LogP contribution in [0.4, 0.5) is 5.13 Å². The molecule has 0 saturated carbocycles. The Labute approximate surface area is 97.5 Å². The van der Waals surface area contributed by atoms with E-state index in [4.69, 9.17) is 22.0 Å². The van der Waals surface area contributed by atoms with Crippen molar-refractivity contribution < 1.29 is 5.11 Å². The smallest absolute Gasteiger partial charge is 0.185 e. The van der Waals surface area contributed by atoms with Crippen LogP contribution in [0.15, 0.2) is 0 Å². The first-order valence-electron chi connectivity index (χ1n) is 4.52. The first-order chi connectivity index (χ1) is 7.08. The summed E-state index contributed by atoms with van der Waals surface area (Å²) in [7, 11) is 0. The van der Waals surface area contributed by atoms with E-state index in [1.165, 1.54) is 11.3 Å². The van der Waals surface area contributed by atoms with Crippen molar-refractivity contribution in [3.05, 3.63) is 10.0 Å². The van der Waals surface area contributed by atoms with Crippen molar-refractivity contribution in [2.45, 2.75) is 19.9 Å². The fourth-order valence-electron chi connectivity index (χ4n) is 0.927. The van der Waals surface area contributed by atoms with Gasteiger partial charge in [0.15, 0.2) is 10.3 Å². The van der Waals surface area contributed by atoms with Gasteiger partial charge < -0.3 is 10.4 Å². The Bertz CT molecular complexity index is 374. The molecule has 0 amide bonds. The molecule has 82 valence electrons. The van der Waals surface area contributed by atoms with E-state index in [0.717, 1.165) is 0 Å². The van der Waals surface area contributed by atoms with Crippen LogP contribution < -0.4 is 5.32 Å². The molecule has 6 heteroatoms. The van der Waals surface area contributed by atoms with E-state index in [-0.39, 0.29) is 23.7 Å². The summed E-state index contributed by atoms with van der Waals surface area (Å²) in [6.45, 7) is 3.98. The fourth-order valence-corrected chi connectivity index (χ4v) is 1.97. The average Bonchev–Trinajstić information content (AvgIpc) is 2.57. The van der Waals surface area contributed by atoms with Crippen LogP contribution in [0.1, 0.15) is 18.7 Å². The third-order valence-corrected chi connectivity index (χ3v) is 3.46. The summed E-state index contributed by atoms with van der Waals surface area (Å²) in [6.07, 6.45) is 0. The highest BCUT2D eigenvalue weighted by molar-refractivity contribution is 7.16. The third-order valence-electron chi connectivity index (χ3n) is 2.18. The van der Waals surface area contributed by atoms with Crippen molar-refractivity contribution in [1.82, 2.24) is 4.98 Å². The molecule has 0 aromatic carbocycles. The molecule has 0 radical (unpaired) electrons. The SMILES string of the molecule is CC(CO)C(C)Nc1nc(Cl)c(C#N)s1. The second-order valence-electron chi connectivity index (χ2n) is 3.34. The molecule has 2 N–H and O–H groups in total. The second-order valence-corrected chi connectivity index (χ2v) is 4.70. The van der Waals surface area contributed by atoms with Crippen LogP contribution in [0.2, 0.25) is 5.15 Å². The lowest BCUT2D eigenvalue weighted by Gasteiger charge is -2.18. The van der Waals surface area contributed by atoms with E-state index in [2.05, 4.69) is 10.3 Å². The van der Waals surface area contributed by atoms with E-state index in [1.54, 1.807) is 0 Å². The largest absolute Gasteiger partial charge is 0.396 e. The molecule has 1 heterocycles. The summed E-state index contributed by atoms with van der Waals surface area (Å²) in [5.41, 5.74) is 0. The van der Waals surface area contributed by atoms with Crippen molar-refractivity contribution in [2.75, 3.05) is 11.9 Å². The van der Waals surface area contributed by atoms with Crippen LogP contribution in [-0.2, 0) is 0 Å². The number of anilines is 1. The van der Waals surface area contributed by atoms with Gasteiger partial charge in [0.1, 0.15) is 10.9 Å². The van der Waals surface area contributed by atoms with Gasteiger partial charge in [-0.25, -0.2) is 4.98 Å². The molecule has 0 aliphatic heterocycles. The van der Waals surface area contributed by atoms with E-state index < -0.39 is 0 Å². The quantitative estimate of drug-likeness (QED) is 0.852. The maximum absolute atomic E-state index is 8.95. The van der Waals surface area contributed by atoms with Crippen LogP contribution in [-0.4, -0.2) is 22.7 Å². The van der Waals surface area contributed by atoms with Crippen LogP contribution in [0.25, 0.3) is 0 Å². The summed E-state index contributed by atoms with van der Waals surface area (Å²) in [5, 5.41) is 21.6. The van der Waals surface area contributed by atoms with Crippen molar-refractivity contribution >= 4 is 28.1 Å². The number of nitriles is 1. The van der Waals surface area contributed by atoms with Gasteiger partial charge in [0.05, 0.1) is 0 Å². The number of aromatic nitrogens is 1. The molecule has 1 aromatic heterocycles. The average molecular weight is 246 g/mol. The Kier molecular flexibility index (Phi) is 4.33. The highest BCUT2D eigenvalue weighted by Crippen LogP contribution is 2.26. The summed E-state index contributed by atoms with van der Waals surface area (Å²) in [6, 6.07) is 2.05. The highest BCUT2D eigenvalue weighted by atomic mass is 35.5. The normalized spacial score (nSPS) is 14.3. The lowest BCUT2D eigenvalue weighted by Crippen LogP contribution is -2.26. The molecule has 1 rings (SSSR count). The number of thiazole rings is 1. The molecule has 0 fully saturated rings. The molecule has 4 nitrogen and oxygen atoms in total. The minimum atomic E-state index is 0.0868. The number of hydrogen-bond donors (Lipinski definition) is 2. The molecule has 0 saturated heterocycles. The maximum atomic E-state index is 8.95. The van der Waals surface area contributed by atoms with Crippen LogP contribution in [0, 0.1) is 17.2 Å². The second kappa shape index (κ2) is 5.31. The predicted molar refractivity (Wildman–Crippen MR) is 61.2 cm³/mol. The van der Waals surface area contributed by atoms with E-state index in [1.807, 2.05) is 19.9 Å². The molecule has 0 aliphatic carbocycles. The minimum absolute atomic E-state index is 0.0868. The Hall–Kier alpha value is -0.830. The molecule has 0 aliphatic rings. The van der Waals surface area contributed by atoms with Gasteiger partial charge in [-0.3, -0.25) is 0 Å². The molecule has 2 atom stereocenters. The third kappa shape index (κ3) is 3.06. The lowest BCUT2D eigenvalue weighted by molar-refractivity contribution is 0.226. The molecule has 1 aromatic rings. The first-order valence-corrected chi connectivity index (χ1v) is 5.71. The van der Waals surface area contributed by atoms with Gasteiger partial charge in [-0.2, -0.15) is 5.26 Å². The number of nitrogens with zero attached hydrogens (tertiary/aromatic N) is 2.